The highest BCUT2D eigenvalue weighted by Gasteiger charge is 2.28. The fourth-order valence-corrected chi connectivity index (χ4v) is 6.59. The van der Waals surface area contributed by atoms with Crippen molar-refractivity contribution in [2.45, 2.75) is 148 Å². The molecule has 0 aliphatic heterocycles. The molecular weight excluding hydrogens is 775 g/mol. The maximum absolute atomic E-state index is 12.7. The van der Waals surface area contributed by atoms with Crippen molar-refractivity contribution in [3.05, 3.63) is 85.1 Å². The quantitative estimate of drug-likeness (QED) is 0.0203. The minimum atomic E-state index is -4.69. The minimum Gasteiger partial charge on any atom is -0.462 e. The number of carbonyl (C=O) groups is 3. The third-order valence-corrected chi connectivity index (χ3v) is 10.2. The van der Waals surface area contributed by atoms with Crippen LogP contribution in [0.25, 0.3) is 0 Å². The van der Waals surface area contributed by atoms with Gasteiger partial charge in [0.2, 0.25) is 0 Å². The maximum Gasteiger partial charge on any atom is 0.472 e. The number of aliphatic hydroxyl groups is 3. The SMILES string of the molecule is CCCCC/C=C\C/C=C\C/C=C\C/C=C\CCCC(=O)OC[C@H](COP(=O)(O)OC[C@@H](O)CO)OC(=O)CCC/C=C\C[C@H]1C=CC(=O)[C@@H]1/C=C/[C@@H](O)CCCCC. The smallest absolute Gasteiger partial charge is 0.462 e. The predicted octanol–water partition coefficient (Wildman–Crippen LogP) is 9.06. The molecule has 59 heavy (non-hydrogen) atoms. The second-order valence-electron chi connectivity index (χ2n) is 14.7. The van der Waals surface area contributed by atoms with Crippen LogP contribution in [0.2, 0.25) is 0 Å². The molecule has 1 rings (SSSR count). The molecule has 0 aromatic heterocycles. The van der Waals surface area contributed by atoms with Crippen molar-refractivity contribution in [3.8, 4) is 0 Å². The van der Waals surface area contributed by atoms with Crippen molar-refractivity contribution in [3.63, 3.8) is 0 Å². The Bertz CT molecular complexity index is 1400. The van der Waals surface area contributed by atoms with Gasteiger partial charge in [-0.3, -0.25) is 23.4 Å². The van der Waals surface area contributed by atoms with Crippen molar-refractivity contribution >= 4 is 25.5 Å². The molecule has 334 valence electrons. The van der Waals surface area contributed by atoms with E-state index in [0.29, 0.717) is 38.5 Å². The molecule has 1 aliphatic carbocycles. The molecule has 0 saturated carbocycles. The number of unbranched alkanes of at least 4 members (excludes halogenated alkanes) is 7. The summed E-state index contributed by atoms with van der Waals surface area (Å²) in [4.78, 5) is 47.5. The molecule has 0 amide bonds. The van der Waals surface area contributed by atoms with Gasteiger partial charge < -0.3 is 29.7 Å². The van der Waals surface area contributed by atoms with Crippen LogP contribution in [0.5, 0.6) is 0 Å². The summed E-state index contributed by atoms with van der Waals surface area (Å²) in [7, 11) is -4.69. The van der Waals surface area contributed by atoms with Crippen LogP contribution >= 0.6 is 7.82 Å². The zero-order chi connectivity index (χ0) is 43.4. The highest BCUT2D eigenvalue weighted by atomic mass is 31.2. The van der Waals surface area contributed by atoms with Crippen LogP contribution in [0.3, 0.4) is 0 Å². The molecule has 0 aromatic rings. The third kappa shape index (κ3) is 30.5. The van der Waals surface area contributed by atoms with Gasteiger partial charge >= 0.3 is 19.8 Å². The van der Waals surface area contributed by atoms with E-state index in [-0.39, 0.29) is 30.5 Å². The van der Waals surface area contributed by atoms with Gasteiger partial charge in [0.15, 0.2) is 11.9 Å². The number of esters is 2. The van der Waals surface area contributed by atoms with E-state index >= 15 is 0 Å². The number of carbonyl (C=O) groups excluding carboxylic acids is 3. The molecule has 1 unspecified atom stereocenters. The molecule has 13 heteroatoms. The monoisotopic (exact) mass is 848 g/mol. The zero-order valence-corrected chi connectivity index (χ0v) is 36.4. The predicted molar refractivity (Wildman–Crippen MR) is 232 cm³/mol. The van der Waals surface area contributed by atoms with Gasteiger partial charge in [0.05, 0.1) is 25.9 Å². The molecule has 0 spiro atoms. The topological polar surface area (TPSA) is 186 Å². The minimum absolute atomic E-state index is 0.0102. The molecule has 0 bridgehead atoms. The molecule has 0 heterocycles. The van der Waals surface area contributed by atoms with Crippen molar-refractivity contribution < 1.29 is 57.7 Å². The third-order valence-electron chi connectivity index (χ3n) is 9.27. The number of ketones is 1. The van der Waals surface area contributed by atoms with E-state index in [0.717, 1.165) is 44.9 Å². The van der Waals surface area contributed by atoms with Crippen LogP contribution in [-0.2, 0) is 37.5 Å². The summed E-state index contributed by atoms with van der Waals surface area (Å²) in [5.74, 6) is -1.46. The number of allylic oxidation sites excluding steroid dienone is 13. The summed E-state index contributed by atoms with van der Waals surface area (Å²) in [5, 5.41) is 28.6. The molecule has 1 aliphatic rings. The standard InChI is InChI=1S/C46H73O12P/c1-3-5-7-8-9-10-11-12-13-14-15-16-17-18-19-20-25-29-45(51)55-37-42(38-57-59(53,54)56-36-41(49)35-47)58-46(52)30-26-22-21-24-27-39-31-34-44(50)43(39)33-32-40(48)28-23-6-4-2/h9-10,12-13,15-16,18-19,21,24,31-34,39-43,47-49H,3-8,11,14,17,20,22-23,25-30,35-38H2,1-2H3,(H,53,54)/b10-9-,13-12-,16-15-,19-18-,24-21-,33-32+/t39-,40-,41-,42+,43+/m0/s1. The Labute approximate surface area is 353 Å². The normalized spacial score (nSPS) is 18.6. The number of phosphoric ester groups is 1. The summed E-state index contributed by atoms with van der Waals surface area (Å²) >= 11 is 0. The summed E-state index contributed by atoms with van der Waals surface area (Å²) in [6.45, 7) is 1.93. The van der Waals surface area contributed by atoms with Gasteiger partial charge in [-0.25, -0.2) is 4.57 Å². The Morgan fingerprint density at radius 2 is 1.31 bits per heavy atom. The van der Waals surface area contributed by atoms with Crippen LogP contribution in [0, 0.1) is 11.8 Å². The van der Waals surface area contributed by atoms with Crippen LogP contribution in [0.15, 0.2) is 85.1 Å². The molecule has 4 N–H and O–H groups in total. The van der Waals surface area contributed by atoms with E-state index in [4.69, 9.17) is 19.1 Å². The zero-order valence-electron chi connectivity index (χ0n) is 35.5. The number of rotatable bonds is 36. The number of ether oxygens (including phenoxy) is 2. The van der Waals surface area contributed by atoms with E-state index in [1.165, 1.54) is 19.3 Å². The van der Waals surface area contributed by atoms with E-state index in [1.807, 2.05) is 30.4 Å². The Morgan fingerprint density at radius 1 is 0.746 bits per heavy atom. The van der Waals surface area contributed by atoms with Gasteiger partial charge in [0, 0.05) is 18.8 Å². The lowest BCUT2D eigenvalue weighted by molar-refractivity contribution is -0.161. The largest absolute Gasteiger partial charge is 0.472 e. The Hall–Kier alpha value is -3.22. The first kappa shape index (κ1) is 53.8. The van der Waals surface area contributed by atoms with Crippen molar-refractivity contribution in [2.24, 2.45) is 11.8 Å². The van der Waals surface area contributed by atoms with Crippen molar-refractivity contribution in [1.29, 1.82) is 0 Å². The highest BCUT2D eigenvalue weighted by Crippen LogP contribution is 2.43. The van der Waals surface area contributed by atoms with Crippen LogP contribution in [0.1, 0.15) is 129 Å². The average molecular weight is 849 g/mol. The molecule has 0 fully saturated rings. The van der Waals surface area contributed by atoms with Gasteiger partial charge in [-0.05, 0) is 82.6 Å². The molecule has 6 atom stereocenters. The number of phosphoric acid groups is 1. The fraction of sp³-hybridized carbons (Fsp3) is 0.630. The number of hydrogen-bond donors (Lipinski definition) is 4. The second-order valence-corrected chi connectivity index (χ2v) is 16.1. The lowest BCUT2D eigenvalue weighted by Crippen LogP contribution is -2.29. The molecule has 0 aromatic carbocycles. The summed E-state index contributed by atoms with van der Waals surface area (Å²) in [6, 6.07) is 0. The molecule has 0 saturated heterocycles. The van der Waals surface area contributed by atoms with Crippen molar-refractivity contribution in [2.75, 3.05) is 26.4 Å². The summed E-state index contributed by atoms with van der Waals surface area (Å²) in [5.41, 5.74) is 0. The lowest BCUT2D eigenvalue weighted by atomic mass is 9.90. The first-order valence-corrected chi connectivity index (χ1v) is 23.1. The second kappa shape index (κ2) is 35.5. The van der Waals surface area contributed by atoms with Gasteiger partial charge in [0.1, 0.15) is 12.7 Å². The summed E-state index contributed by atoms with van der Waals surface area (Å²) in [6.07, 6.45) is 39.0. The first-order chi connectivity index (χ1) is 28.5. The van der Waals surface area contributed by atoms with E-state index in [2.05, 4.69) is 54.8 Å². The van der Waals surface area contributed by atoms with Gasteiger partial charge in [-0.1, -0.05) is 125 Å². The Morgan fingerprint density at radius 3 is 1.93 bits per heavy atom. The van der Waals surface area contributed by atoms with Crippen LogP contribution in [0.4, 0.5) is 0 Å². The maximum atomic E-state index is 12.7. The van der Waals surface area contributed by atoms with E-state index in [1.54, 1.807) is 18.2 Å². The van der Waals surface area contributed by atoms with Crippen molar-refractivity contribution in [1.82, 2.24) is 0 Å². The molecule has 0 radical (unpaired) electrons. The molecular formula is C46H73O12P. The van der Waals surface area contributed by atoms with Gasteiger partial charge in [-0.2, -0.15) is 0 Å². The van der Waals surface area contributed by atoms with Gasteiger partial charge in [0.25, 0.3) is 0 Å². The van der Waals surface area contributed by atoms with Crippen LogP contribution in [-0.4, -0.2) is 82.7 Å². The highest BCUT2D eigenvalue weighted by molar-refractivity contribution is 7.47. The average Bonchev–Trinajstić information content (AvgIpc) is 3.57. The van der Waals surface area contributed by atoms with Gasteiger partial charge in [-0.15, -0.1) is 0 Å². The van der Waals surface area contributed by atoms with E-state index < -0.39 is 64.5 Å². The Kier molecular flexibility index (Phi) is 32.4. The fourth-order valence-electron chi connectivity index (χ4n) is 5.80. The molecule has 12 nitrogen and oxygen atoms in total. The Balaban J connectivity index is 2.49. The summed E-state index contributed by atoms with van der Waals surface area (Å²) < 4.78 is 32.6. The first-order valence-electron chi connectivity index (χ1n) is 21.6. The van der Waals surface area contributed by atoms with E-state index in [9.17, 15) is 34.1 Å². The number of aliphatic hydroxyl groups excluding tert-OH is 3. The number of hydrogen-bond acceptors (Lipinski definition) is 11. The lowest BCUT2D eigenvalue weighted by Gasteiger charge is -2.20. The van der Waals surface area contributed by atoms with Crippen LogP contribution < -0.4 is 0 Å².